The number of pyridine rings is 1. The third kappa shape index (κ3) is 3.70. The van der Waals surface area contributed by atoms with Crippen molar-refractivity contribution >= 4 is 5.69 Å². The van der Waals surface area contributed by atoms with Crippen molar-refractivity contribution in [1.82, 2.24) is 4.98 Å². The van der Waals surface area contributed by atoms with E-state index in [-0.39, 0.29) is 6.04 Å². The van der Waals surface area contributed by atoms with E-state index in [0.29, 0.717) is 6.04 Å². The van der Waals surface area contributed by atoms with Gasteiger partial charge in [0.15, 0.2) is 0 Å². The average molecular weight is 235 g/mol. The van der Waals surface area contributed by atoms with Crippen molar-refractivity contribution in [3.05, 3.63) is 24.0 Å². The van der Waals surface area contributed by atoms with Gasteiger partial charge in [0, 0.05) is 18.6 Å². The van der Waals surface area contributed by atoms with Gasteiger partial charge in [-0.15, -0.1) is 0 Å². The minimum absolute atomic E-state index is 0.0581. The number of rotatable bonds is 6. The molecular formula is C14H25N3. The van der Waals surface area contributed by atoms with Crippen LogP contribution in [0.15, 0.2) is 18.3 Å². The molecule has 0 saturated heterocycles. The van der Waals surface area contributed by atoms with Crippen molar-refractivity contribution in [2.24, 2.45) is 5.73 Å². The molecule has 1 aromatic rings. The third-order valence-corrected chi connectivity index (χ3v) is 3.01. The molecule has 3 nitrogen and oxygen atoms in total. The predicted molar refractivity (Wildman–Crippen MR) is 74.2 cm³/mol. The van der Waals surface area contributed by atoms with E-state index in [9.17, 15) is 0 Å². The van der Waals surface area contributed by atoms with Crippen LogP contribution in [0.4, 0.5) is 5.69 Å². The molecule has 0 aromatic carbocycles. The van der Waals surface area contributed by atoms with Crippen LogP contribution in [-0.4, -0.2) is 17.6 Å². The zero-order chi connectivity index (χ0) is 12.8. The molecule has 3 heteroatoms. The molecule has 0 radical (unpaired) electrons. The van der Waals surface area contributed by atoms with Crippen molar-refractivity contribution in [2.75, 3.05) is 11.4 Å². The first-order valence-corrected chi connectivity index (χ1v) is 6.58. The molecule has 0 aliphatic carbocycles. The predicted octanol–water partition coefficient (Wildman–Crippen LogP) is 3.12. The maximum absolute atomic E-state index is 5.96. The standard InChI is InChI=1S/C14H25N3/c1-5-9-17(11(3)4)12-7-8-14(16-10-12)13(15)6-2/h7-8,10-11,13H,5-6,9,15H2,1-4H3. The molecule has 96 valence electrons. The molecule has 17 heavy (non-hydrogen) atoms. The summed E-state index contributed by atoms with van der Waals surface area (Å²) in [4.78, 5) is 6.84. The molecular weight excluding hydrogens is 210 g/mol. The summed E-state index contributed by atoms with van der Waals surface area (Å²) in [7, 11) is 0. The summed E-state index contributed by atoms with van der Waals surface area (Å²) >= 11 is 0. The van der Waals surface area contributed by atoms with Crippen LogP contribution in [0.2, 0.25) is 0 Å². The highest BCUT2D eigenvalue weighted by Gasteiger charge is 2.11. The van der Waals surface area contributed by atoms with E-state index in [1.807, 2.05) is 6.20 Å². The monoisotopic (exact) mass is 235 g/mol. The maximum Gasteiger partial charge on any atom is 0.0572 e. The number of anilines is 1. The van der Waals surface area contributed by atoms with Gasteiger partial charge in [0.2, 0.25) is 0 Å². The van der Waals surface area contributed by atoms with Gasteiger partial charge >= 0.3 is 0 Å². The molecule has 0 spiro atoms. The van der Waals surface area contributed by atoms with Crippen LogP contribution in [0.25, 0.3) is 0 Å². The van der Waals surface area contributed by atoms with E-state index >= 15 is 0 Å². The molecule has 1 aromatic heterocycles. The second-order valence-corrected chi connectivity index (χ2v) is 4.74. The Kier molecular flexibility index (Phi) is 5.42. The van der Waals surface area contributed by atoms with Crippen molar-refractivity contribution < 1.29 is 0 Å². The number of hydrogen-bond donors (Lipinski definition) is 1. The van der Waals surface area contributed by atoms with E-state index in [2.05, 4.69) is 49.7 Å². The van der Waals surface area contributed by atoms with Crippen LogP contribution in [-0.2, 0) is 0 Å². The normalized spacial score (nSPS) is 12.8. The van der Waals surface area contributed by atoms with Crippen molar-refractivity contribution in [1.29, 1.82) is 0 Å². The lowest BCUT2D eigenvalue weighted by atomic mass is 10.1. The van der Waals surface area contributed by atoms with Gasteiger partial charge in [0.05, 0.1) is 17.6 Å². The summed E-state index contributed by atoms with van der Waals surface area (Å²) in [5.74, 6) is 0. The number of hydrogen-bond acceptors (Lipinski definition) is 3. The van der Waals surface area contributed by atoms with E-state index in [1.54, 1.807) is 0 Å². The molecule has 0 saturated carbocycles. The first-order chi connectivity index (χ1) is 8.10. The molecule has 1 heterocycles. The highest BCUT2D eigenvalue weighted by molar-refractivity contribution is 5.45. The molecule has 2 N–H and O–H groups in total. The average Bonchev–Trinajstić information content (AvgIpc) is 2.35. The molecule has 0 aliphatic heterocycles. The van der Waals surface area contributed by atoms with Crippen LogP contribution in [0, 0.1) is 0 Å². The molecule has 0 bridgehead atoms. The van der Waals surface area contributed by atoms with Crippen LogP contribution < -0.4 is 10.6 Å². The van der Waals surface area contributed by atoms with E-state index < -0.39 is 0 Å². The Hall–Kier alpha value is -1.09. The van der Waals surface area contributed by atoms with Gasteiger partial charge in [-0.05, 0) is 38.8 Å². The second-order valence-electron chi connectivity index (χ2n) is 4.74. The van der Waals surface area contributed by atoms with Crippen LogP contribution in [0.1, 0.15) is 52.3 Å². The van der Waals surface area contributed by atoms with Gasteiger partial charge in [0.25, 0.3) is 0 Å². The molecule has 1 atom stereocenters. The molecule has 0 aliphatic rings. The van der Waals surface area contributed by atoms with E-state index in [0.717, 1.165) is 25.1 Å². The Bertz CT molecular complexity index is 319. The second kappa shape index (κ2) is 6.60. The highest BCUT2D eigenvalue weighted by atomic mass is 15.2. The fraction of sp³-hybridized carbons (Fsp3) is 0.643. The molecule has 1 unspecified atom stereocenters. The Morgan fingerprint density at radius 1 is 1.29 bits per heavy atom. The Labute approximate surface area is 105 Å². The van der Waals surface area contributed by atoms with Gasteiger partial charge in [-0.1, -0.05) is 13.8 Å². The Morgan fingerprint density at radius 2 is 2.00 bits per heavy atom. The summed E-state index contributed by atoms with van der Waals surface area (Å²) in [6.45, 7) is 9.77. The summed E-state index contributed by atoms with van der Waals surface area (Å²) in [6, 6.07) is 4.74. The minimum atomic E-state index is 0.0581. The lowest BCUT2D eigenvalue weighted by molar-refractivity contribution is 0.660. The summed E-state index contributed by atoms with van der Waals surface area (Å²) in [6.07, 6.45) is 4.02. The lowest BCUT2D eigenvalue weighted by Crippen LogP contribution is -2.31. The van der Waals surface area contributed by atoms with Gasteiger partial charge < -0.3 is 10.6 Å². The quantitative estimate of drug-likeness (QED) is 0.823. The zero-order valence-electron chi connectivity index (χ0n) is 11.5. The third-order valence-electron chi connectivity index (χ3n) is 3.01. The summed E-state index contributed by atoms with van der Waals surface area (Å²) in [5.41, 5.74) is 8.13. The fourth-order valence-electron chi connectivity index (χ4n) is 1.92. The Morgan fingerprint density at radius 3 is 2.41 bits per heavy atom. The van der Waals surface area contributed by atoms with Gasteiger partial charge in [-0.2, -0.15) is 0 Å². The zero-order valence-corrected chi connectivity index (χ0v) is 11.5. The van der Waals surface area contributed by atoms with Crippen LogP contribution >= 0.6 is 0 Å². The van der Waals surface area contributed by atoms with Gasteiger partial charge in [-0.25, -0.2) is 0 Å². The van der Waals surface area contributed by atoms with E-state index in [1.165, 1.54) is 5.69 Å². The van der Waals surface area contributed by atoms with Gasteiger partial charge in [0.1, 0.15) is 0 Å². The van der Waals surface area contributed by atoms with Crippen LogP contribution in [0.3, 0.4) is 0 Å². The van der Waals surface area contributed by atoms with Crippen molar-refractivity contribution in [2.45, 2.75) is 52.6 Å². The highest BCUT2D eigenvalue weighted by Crippen LogP contribution is 2.19. The SMILES string of the molecule is CCCN(c1ccc(C(N)CC)nc1)C(C)C. The topological polar surface area (TPSA) is 42.1 Å². The largest absolute Gasteiger partial charge is 0.368 e. The van der Waals surface area contributed by atoms with Crippen molar-refractivity contribution in [3.63, 3.8) is 0 Å². The number of nitrogens with zero attached hydrogens (tertiary/aromatic N) is 2. The van der Waals surface area contributed by atoms with Crippen LogP contribution in [0.5, 0.6) is 0 Å². The summed E-state index contributed by atoms with van der Waals surface area (Å²) in [5, 5.41) is 0. The van der Waals surface area contributed by atoms with E-state index in [4.69, 9.17) is 5.73 Å². The smallest absolute Gasteiger partial charge is 0.0572 e. The molecule has 0 fully saturated rings. The Balaban J connectivity index is 2.84. The summed E-state index contributed by atoms with van der Waals surface area (Å²) < 4.78 is 0. The van der Waals surface area contributed by atoms with Gasteiger partial charge in [-0.3, -0.25) is 4.98 Å². The minimum Gasteiger partial charge on any atom is -0.368 e. The fourth-order valence-corrected chi connectivity index (χ4v) is 1.92. The molecule has 1 rings (SSSR count). The maximum atomic E-state index is 5.96. The molecule has 0 amide bonds. The first-order valence-electron chi connectivity index (χ1n) is 6.58. The number of aromatic nitrogens is 1. The first kappa shape index (κ1) is 14.0. The lowest BCUT2D eigenvalue weighted by Gasteiger charge is -2.28. The van der Waals surface area contributed by atoms with Crippen molar-refractivity contribution in [3.8, 4) is 0 Å². The number of nitrogens with two attached hydrogens (primary N) is 1.